The van der Waals surface area contributed by atoms with E-state index in [1.54, 1.807) is 24.1 Å². The first-order valence-corrected chi connectivity index (χ1v) is 15.2. The van der Waals surface area contributed by atoms with Crippen LogP contribution in [0.3, 0.4) is 0 Å². The molecule has 43 heavy (non-hydrogen) atoms. The van der Waals surface area contributed by atoms with Crippen LogP contribution in [0.1, 0.15) is 68.9 Å². The standard InChI is InChI=1S/C33H41BrN4O5/c1-4-12-37(13-5-2)32(41)25-17-24(31(36)40)18-26(19-25)33(42)38(20-23-9-7-11-28(15-23)43-3)21-30(39)29(35)16-22-8-6-10-27(34)14-22/h6-11,14-15,17-19,29-30,39H,4-5,12-13,16,20-21,35H2,1-3H3,(H2,36,40)/t29-,30+/m0/s1. The van der Waals surface area contributed by atoms with Crippen LogP contribution >= 0.6 is 15.9 Å². The minimum Gasteiger partial charge on any atom is -0.497 e. The summed E-state index contributed by atoms with van der Waals surface area (Å²) in [6, 6.07) is 18.5. The first kappa shape index (κ1) is 33.8. The molecular weight excluding hydrogens is 612 g/mol. The van der Waals surface area contributed by atoms with Crippen molar-refractivity contribution in [3.8, 4) is 5.75 Å². The number of primary amides is 1. The van der Waals surface area contributed by atoms with E-state index in [1.807, 2.05) is 50.2 Å². The summed E-state index contributed by atoms with van der Waals surface area (Å²) in [5, 5.41) is 11.2. The Labute approximate surface area is 261 Å². The molecule has 0 aliphatic rings. The van der Waals surface area contributed by atoms with E-state index in [9.17, 15) is 19.5 Å². The van der Waals surface area contributed by atoms with Crippen molar-refractivity contribution < 1.29 is 24.2 Å². The van der Waals surface area contributed by atoms with Crippen LogP contribution in [-0.2, 0) is 13.0 Å². The molecule has 0 spiro atoms. The van der Waals surface area contributed by atoms with Gasteiger partial charge in [0.1, 0.15) is 5.75 Å². The van der Waals surface area contributed by atoms with E-state index >= 15 is 0 Å². The summed E-state index contributed by atoms with van der Waals surface area (Å²) >= 11 is 3.45. The number of hydrogen-bond acceptors (Lipinski definition) is 6. The second-order valence-corrected chi connectivity index (χ2v) is 11.5. The number of carbonyl (C=O) groups is 3. The Morgan fingerprint density at radius 2 is 1.44 bits per heavy atom. The molecule has 3 aromatic rings. The highest BCUT2D eigenvalue weighted by atomic mass is 79.9. The van der Waals surface area contributed by atoms with E-state index in [4.69, 9.17) is 16.2 Å². The molecular formula is C33H41BrN4O5. The number of carbonyl (C=O) groups excluding carboxylic acids is 3. The number of aliphatic hydroxyl groups is 1. The van der Waals surface area contributed by atoms with Gasteiger partial charge in [0.15, 0.2) is 0 Å². The Kier molecular flexibility index (Phi) is 12.7. The van der Waals surface area contributed by atoms with Gasteiger partial charge >= 0.3 is 0 Å². The van der Waals surface area contributed by atoms with Crippen LogP contribution < -0.4 is 16.2 Å². The summed E-state index contributed by atoms with van der Waals surface area (Å²) in [5.74, 6) is -0.897. The fourth-order valence-corrected chi connectivity index (χ4v) is 5.33. The van der Waals surface area contributed by atoms with Gasteiger partial charge in [-0.05, 0) is 72.9 Å². The molecule has 0 bridgehead atoms. The number of aliphatic hydroxyl groups excluding tert-OH is 1. The number of benzene rings is 3. The summed E-state index contributed by atoms with van der Waals surface area (Å²) in [6.45, 7) is 5.08. The molecule has 0 aromatic heterocycles. The molecule has 3 amide bonds. The topological polar surface area (TPSA) is 139 Å². The van der Waals surface area contributed by atoms with E-state index in [2.05, 4.69) is 15.9 Å². The van der Waals surface area contributed by atoms with Crippen LogP contribution in [0.4, 0.5) is 0 Å². The van der Waals surface area contributed by atoms with Gasteiger partial charge in [-0.3, -0.25) is 14.4 Å². The second kappa shape index (κ2) is 16.2. The van der Waals surface area contributed by atoms with Gasteiger partial charge in [0.25, 0.3) is 11.8 Å². The molecule has 230 valence electrons. The van der Waals surface area contributed by atoms with Gasteiger partial charge in [0.05, 0.1) is 13.2 Å². The van der Waals surface area contributed by atoms with Gasteiger partial charge in [0, 0.05) is 53.4 Å². The fraction of sp³-hybridized carbons (Fsp3) is 0.364. The van der Waals surface area contributed by atoms with E-state index in [0.717, 1.165) is 28.4 Å². The molecule has 0 unspecified atom stereocenters. The lowest BCUT2D eigenvalue weighted by Gasteiger charge is -2.29. The largest absolute Gasteiger partial charge is 0.497 e. The Morgan fingerprint density at radius 1 is 0.860 bits per heavy atom. The lowest BCUT2D eigenvalue weighted by molar-refractivity contribution is 0.0554. The summed E-state index contributed by atoms with van der Waals surface area (Å²) in [4.78, 5) is 43.0. The molecule has 3 rings (SSSR count). The predicted octanol–water partition coefficient (Wildman–Crippen LogP) is 4.39. The van der Waals surface area contributed by atoms with Gasteiger partial charge in [-0.1, -0.05) is 54.0 Å². The number of nitrogens with zero attached hydrogens (tertiary/aromatic N) is 2. The molecule has 2 atom stereocenters. The van der Waals surface area contributed by atoms with Crippen LogP contribution in [0.25, 0.3) is 0 Å². The predicted molar refractivity (Wildman–Crippen MR) is 171 cm³/mol. The molecule has 0 aliphatic carbocycles. The van der Waals surface area contributed by atoms with E-state index in [0.29, 0.717) is 25.3 Å². The van der Waals surface area contributed by atoms with Crippen molar-refractivity contribution in [1.29, 1.82) is 0 Å². The smallest absolute Gasteiger partial charge is 0.254 e. The third kappa shape index (κ3) is 9.64. The van der Waals surface area contributed by atoms with Crippen molar-refractivity contribution in [3.63, 3.8) is 0 Å². The van der Waals surface area contributed by atoms with Crippen LogP contribution in [0.2, 0.25) is 0 Å². The molecule has 5 N–H and O–H groups in total. The number of halogens is 1. The number of rotatable bonds is 15. The highest BCUT2D eigenvalue weighted by Crippen LogP contribution is 2.20. The van der Waals surface area contributed by atoms with Gasteiger partial charge in [0.2, 0.25) is 5.91 Å². The maximum absolute atomic E-state index is 14.1. The SMILES string of the molecule is CCCN(CCC)C(=O)c1cc(C(N)=O)cc(C(=O)N(Cc2cccc(OC)c2)C[C@@H](O)[C@@H](N)Cc2cccc(Br)c2)c1. The first-order valence-electron chi connectivity index (χ1n) is 14.4. The Hall–Kier alpha value is -3.73. The molecule has 0 heterocycles. The fourth-order valence-electron chi connectivity index (χ4n) is 4.88. The monoisotopic (exact) mass is 652 g/mol. The average Bonchev–Trinajstić information content (AvgIpc) is 2.99. The zero-order valence-electron chi connectivity index (χ0n) is 25.0. The highest BCUT2D eigenvalue weighted by Gasteiger charge is 2.26. The Morgan fingerprint density at radius 3 is 2.02 bits per heavy atom. The summed E-state index contributed by atoms with van der Waals surface area (Å²) in [7, 11) is 1.56. The summed E-state index contributed by atoms with van der Waals surface area (Å²) < 4.78 is 6.25. The highest BCUT2D eigenvalue weighted by molar-refractivity contribution is 9.10. The van der Waals surface area contributed by atoms with E-state index in [1.165, 1.54) is 23.1 Å². The first-order chi connectivity index (χ1) is 20.6. The van der Waals surface area contributed by atoms with E-state index in [-0.39, 0.29) is 35.7 Å². The molecule has 0 radical (unpaired) electrons. The molecule has 0 aliphatic heterocycles. The Balaban J connectivity index is 1.98. The van der Waals surface area contributed by atoms with Gasteiger partial charge in [-0.15, -0.1) is 0 Å². The maximum Gasteiger partial charge on any atom is 0.254 e. The van der Waals surface area contributed by atoms with E-state index < -0.39 is 24.0 Å². The van der Waals surface area contributed by atoms with Crippen molar-refractivity contribution in [3.05, 3.63) is 99.0 Å². The van der Waals surface area contributed by atoms with Crippen molar-refractivity contribution in [1.82, 2.24) is 9.80 Å². The number of ether oxygens (including phenoxy) is 1. The van der Waals surface area contributed by atoms with Crippen molar-refractivity contribution in [2.75, 3.05) is 26.7 Å². The van der Waals surface area contributed by atoms with Gasteiger partial charge in [-0.2, -0.15) is 0 Å². The molecule has 10 heteroatoms. The quantitative estimate of drug-likeness (QED) is 0.223. The zero-order valence-corrected chi connectivity index (χ0v) is 26.5. The molecule has 0 fully saturated rings. The molecule has 9 nitrogen and oxygen atoms in total. The van der Waals surface area contributed by atoms with Crippen LogP contribution in [0.15, 0.2) is 71.2 Å². The zero-order chi connectivity index (χ0) is 31.5. The Bertz CT molecular complexity index is 1410. The molecule has 3 aromatic carbocycles. The lowest BCUT2D eigenvalue weighted by atomic mass is 10.00. The molecule has 0 saturated carbocycles. The van der Waals surface area contributed by atoms with Crippen molar-refractivity contribution >= 4 is 33.7 Å². The van der Waals surface area contributed by atoms with Gasteiger partial charge in [-0.25, -0.2) is 0 Å². The number of amides is 3. The number of methoxy groups -OCH3 is 1. The van der Waals surface area contributed by atoms with Crippen LogP contribution in [-0.4, -0.2) is 71.5 Å². The van der Waals surface area contributed by atoms with Crippen molar-refractivity contribution in [2.24, 2.45) is 11.5 Å². The normalized spacial score (nSPS) is 12.3. The lowest BCUT2D eigenvalue weighted by Crippen LogP contribution is -2.46. The van der Waals surface area contributed by atoms with Crippen molar-refractivity contribution in [2.45, 2.75) is 51.8 Å². The minimum atomic E-state index is -1.07. The number of nitrogens with two attached hydrogens (primary N) is 2. The summed E-state index contributed by atoms with van der Waals surface area (Å²) in [5.41, 5.74) is 14.1. The molecule has 0 saturated heterocycles. The van der Waals surface area contributed by atoms with Crippen LogP contribution in [0.5, 0.6) is 5.75 Å². The summed E-state index contributed by atoms with van der Waals surface area (Å²) in [6.07, 6.45) is 0.847. The third-order valence-corrected chi connectivity index (χ3v) is 7.54. The number of hydrogen-bond donors (Lipinski definition) is 3. The maximum atomic E-state index is 14.1. The van der Waals surface area contributed by atoms with Gasteiger partial charge < -0.3 is 31.1 Å². The average molecular weight is 654 g/mol. The van der Waals surface area contributed by atoms with Crippen LogP contribution in [0, 0.1) is 0 Å². The minimum absolute atomic E-state index is 0.0513. The third-order valence-electron chi connectivity index (χ3n) is 7.04. The second-order valence-electron chi connectivity index (χ2n) is 10.6.